The maximum absolute atomic E-state index is 13.6. The lowest BCUT2D eigenvalue weighted by atomic mass is 9.99. The third kappa shape index (κ3) is 4.49. The van der Waals surface area contributed by atoms with Gasteiger partial charge in [0, 0.05) is 44.0 Å². The van der Waals surface area contributed by atoms with Gasteiger partial charge in [0.1, 0.15) is 17.3 Å². The van der Waals surface area contributed by atoms with Gasteiger partial charge in [-0.15, -0.1) is 0 Å². The SMILES string of the molecule is CN(C)C[C@@H]1CN(c2ccc(Nc3ccc(-c4cnc5cc(F)ccn45)c4c3C(=O)NC4)nc2)CCO1. The van der Waals surface area contributed by atoms with Crippen LogP contribution in [0.5, 0.6) is 0 Å². The molecule has 2 N–H and O–H groups in total. The van der Waals surface area contributed by atoms with E-state index in [2.05, 4.69) is 30.4 Å². The molecule has 1 aromatic carbocycles. The first-order chi connectivity index (χ1) is 18.0. The van der Waals surface area contributed by atoms with Gasteiger partial charge in [-0.25, -0.2) is 14.4 Å². The van der Waals surface area contributed by atoms with Gasteiger partial charge in [-0.2, -0.15) is 0 Å². The number of fused-ring (bicyclic) bond motifs is 2. The number of carbonyl (C=O) groups excluding carboxylic acids is 1. The van der Waals surface area contributed by atoms with Gasteiger partial charge in [-0.05, 0) is 43.9 Å². The zero-order valence-corrected chi connectivity index (χ0v) is 20.7. The number of rotatable bonds is 6. The highest BCUT2D eigenvalue weighted by Gasteiger charge is 2.27. The molecule has 5 heterocycles. The van der Waals surface area contributed by atoms with Crippen LogP contribution in [0.1, 0.15) is 15.9 Å². The van der Waals surface area contributed by atoms with Gasteiger partial charge in [-0.3, -0.25) is 9.20 Å². The van der Waals surface area contributed by atoms with E-state index in [1.807, 2.05) is 49.0 Å². The van der Waals surface area contributed by atoms with E-state index in [1.54, 1.807) is 12.4 Å². The molecule has 1 fully saturated rings. The number of halogens is 1. The molecule has 9 nitrogen and oxygen atoms in total. The minimum absolute atomic E-state index is 0.143. The number of imidazole rings is 1. The van der Waals surface area contributed by atoms with E-state index >= 15 is 0 Å². The summed E-state index contributed by atoms with van der Waals surface area (Å²) >= 11 is 0. The van der Waals surface area contributed by atoms with Crippen LogP contribution in [-0.2, 0) is 11.3 Å². The van der Waals surface area contributed by atoms with Crippen molar-refractivity contribution < 1.29 is 13.9 Å². The van der Waals surface area contributed by atoms with Crippen LogP contribution in [0.2, 0.25) is 0 Å². The fourth-order valence-electron chi connectivity index (χ4n) is 5.10. The van der Waals surface area contributed by atoms with Gasteiger partial charge in [0.2, 0.25) is 0 Å². The summed E-state index contributed by atoms with van der Waals surface area (Å²) in [7, 11) is 4.10. The maximum Gasteiger partial charge on any atom is 0.254 e. The topological polar surface area (TPSA) is 87.0 Å². The average molecular weight is 502 g/mol. The average Bonchev–Trinajstić information content (AvgIpc) is 3.48. The lowest BCUT2D eigenvalue weighted by Gasteiger charge is -2.35. The highest BCUT2D eigenvalue weighted by Crippen LogP contribution is 2.35. The zero-order chi connectivity index (χ0) is 25.5. The predicted octanol–water partition coefficient (Wildman–Crippen LogP) is 3.29. The molecule has 3 aromatic heterocycles. The minimum atomic E-state index is -0.341. The smallest absolute Gasteiger partial charge is 0.254 e. The first-order valence-corrected chi connectivity index (χ1v) is 12.3. The number of pyridine rings is 2. The number of hydrogen-bond acceptors (Lipinski definition) is 7. The Balaban J connectivity index is 1.25. The normalized spacial score (nSPS) is 17.4. The Labute approximate surface area is 213 Å². The molecule has 0 aliphatic carbocycles. The number of nitrogens with one attached hydrogen (secondary N) is 2. The molecule has 2 aliphatic heterocycles. The number of benzene rings is 1. The number of morpholine rings is 1. The first kappa shape index (κ1) is 23.4. The van der Waals surface area contributed by atoms with E-state index in [0.717, 1.165) is 42.1 Å². The van der Waals surface area contributed by atoms with Crippen LogP contribution in [0.4, 0.5) is 21.6 Å². The molecular formula is C27H28FN7O2. The molecule has 4 aromatic rings. The number of likely N-dealkylation sites (N-methyl/N-ethyl adjacent to an activating group) is 1. The van der Waals surface area contributed by atoms with Gasteiger partial charge in [0.25, 0.3) is 5.91 Å². The van der Waals surface area contributed by atoms with Gasteiger partial charge in [0.15, 0.2) is 0 Å². The van der Waals surface area contributed by atoms with E-state index in [4.69, 9.17) is 4.74 Å². The van der Waals surface area contributed by atoms with Crippen molar-refractivity contribution in [2.45, 2.75) is 12.6 Å². The quantitative estimate of drug-likeness (QED) is 0.419. The molecular weight excluding hydrogens is 473 g/mol. The second-order valence-electron chi connectivity index (χ2n) is 9.64. The van der Waals surface area contributed by atoms with E-state index in [-0.39, 0.29) is 17.8 Å². The van der Waals surface area contributed by atoms with Crippen LogP contribution >= 0.6 is 0 Å². The molecule has 0 saturated carbocycles. The number of nitrogens with zero attached hydrogens (tertiary/aromatic N) is 5. The van der Waals surface area contributed by atoms with Gasteiger partial charge < -0.3 is 25.2 Å². The van der Waals surface area contributed by atoms with Crippen LogP contribution in [-0.4, -0.2) is 71.6 Å². The van der Waals surface area contributed by atoms with Crippen molar-refractivity contribution in [2.24, 2.45) is 0 Å². The van der Waals surface area contributed by atoms with Crippen molar-refractivity contribution in [3.63, 3.8) is 0 Å². The summed E-state index contributed by atoms with van der Waals surface area (Å²) in [6.45, 7) is 3.61. The molecule has 0 radical (unpaired) electrons. The zero-order valence-electron chi connectivity index (χ0n) is 20.7. The highest BCUT2D eigenvalue weighted by molar-refractivity contribution is 6.06. The van der Waals surface area contributed by atoms with E-state index in [9.17, 15) is 9.18 Å². The van der Waals surface area contributed by atoms with Crippen molar-refractivity contribution in [1.29, 1.82) is 0 Å². The molecule has 0 unspecified atom stereocenters. The molecule has 1 saturated heterocycles. The monoisotopic (exact) mass is 501 g/mol. The van der Waals surface area contributed by atoms with Crippen LogP contribution in [0, 0.1) is 5.82 Å². The fraction of sp³-hybridized carbons (Fsp3) is 0.296. The van der Waals surface area contributed by atoms with Crippen molar-refractivity contribution >= 4 is 28.7 Å². The van der Waals surface area contributed by atoms with Gasteiger partial charge in [-0.1, -0.05) is 6.07 Å². The Hall–Kier alpha value is -4.02. The van der Waals surface area contributed by atoms with Crippen LogP contribution in [0.25, 0.3) is 16.9 Å². The number of amides is 1. The number of ether oxygens (including phenoxy) is 1. The second kappa shape index (κ2) is 9.45. The number of carbonyl (C=O) groups is 1. The second-order valence-corrected chi connectivity index (χ2v) is 9.64. The Morgan fingerprint density at radius 2 is 2.08 bits per heavy atom. The Morgan fingerprint density at radius 1 is 1.19 bits per heavy atom. The van der Waals surface area contributed by atoms with E-state index in [0.29, 0.717) is 35.9 Å². The summed E-state index contributed by atoms with van der Waals surface area (Å²) < 4.78 is 21.3. The molecule has 37 heavy (non-hydrogen) atoms. The van der Waals surface area contributed by atoms with Crippen LogP contribution in [0.3, 0.4) is 0 Å². The Bertz CT molecular complexity index is 1470. The summed E-state index contributed by atoms with van der Waals surface area (Å²) in [5, 5.41) is 6.25. The summed E-state index contributed by atoms with van der Waals surface area (Å²) in [6.07, 6.45) is 5.37. The number of hydrogen-bond donors (Lipinski definition) is 2. The maximum atomic E-state index is 13.6. The number of anilines is 3. The fourth-order valence-corrected chi connectivity index (χ4v) is 5.10. The van der Waals surface area contributed by atoms with Crippen LogP contribution in [0.15, 0.2) is 55.0 Å². The lowest BCUT2D eigenvalue weighted by Crippen LogP contribution is -2.46. The minimum Gasteiger partial charge on any atom is -0.373 e. The van der Waals surface area contributed by atoms with Crippen molar-refractivity contribution in [3.8, 4) is 11.3 Å². The summed E-state index contributed by atoms with van der Waals surface area (Å²) in [5.74, 6) is 0.171. The largest absolute Gasteiger partial charge is 0.373 e. The van der Waals surface area contributed by atoms with Crippen molar-refractivity contribution in [3.05, 3.63) is 71.9 Å². The Morgan fingerprint density at radius 3 is 2.89 bits per heavy atom. The highest BCUT2D eigenvalue weighted by atomic mass is 19.1. The third-order valence-electron chi connectivity index (χ3n) is 6.80. The molecule has 6 rings (SSSR count). The standard InChI is InChI=1S/C27H28FN7O2/c1-33(2)15-19-16-34(9-10-37-19)18-3-6-24(29-12-18)32-22-5-4-20(21-13-31-27(36)26(21)22)23-14-30-25-11-17(28)7-8-35(23)25/h3-8,11-12,14,19H,9-10,13,15-16H2,1-2H3,(H,29,32)(H,31,36)/t19-/m1/s1. The van der Waals surface area contributed by atoms with E-state index in [1.165, 1.54) is 12.1 Å². The Kier molecular flexibility index (Phi) is 5.97. The van der Waals surface area contributed by atoms with E-state index < -0.39 is 0 Å². The summed E-state index contributed by atoms with van der Waals surface area (Å²) in [4.78, 5) is 26.2. The molecule has 0 spiro atoms. The van der Waals surface area contributed by atoms with Crippen molar-refractivity contribution in [2.75, 3.05) is 50.6 Å². The molecule has 2 aliphatic rings. The van der Waals surface area contributed by atoms with Gasteiger partial charge >= 0.3 is 0 Å². The summed E-state index contributed by atoms with van der Waals surface area (Å²) in [5.41, 5.74) is 5.38. The molecule has 1 amide bonds. The van der Waals surface area contributed by atoms with Crippen molar-refractivity contribution in [1.82, 2.24) is 24.6 Å². The molecule has 190 valence electrons. The lowest BCUT2D eigenvalue weighted by molar-refractivity contribution is 0.0247. The third-order valence-corrected chi connectivity index (χ3v) is 6.80. The molecule has 0 bridgehead atoms. The molecule has 1 atom stereocenters. The predicted molar refractivity (Wildman–Crippen MR) is 140 cm³/mol. The first-order valence-electron chi connectivity index (χ1n) is 12.3. The number of aromatic nitrogens is 3. The molecule has 10 heteroatoms. The van der Waals surface area contributed by atoms with Crippen LogP contribution < -0.4 is 15.5 Å². The van der Waals surface area contributed by atoms with Gasteiger partial charge in [0.05, 0.1) is 47.7 Å². The summed E-state index contributed by atoms with van der Waals surface area (Å²) in [6, 6.07) is 10.6.